The number of fused-ring (bicyclic) bond motifs is 1. The summed E-state index contributed by atoms with van der Waals surface area (Å²) in [6.07, 6.45) is 3.69. The van der Waals surface area contributed by atoms with Gasteiger partial charge in [-0.1, -0.05) is 42.1 Å². The lowest BCUT2D eigenvalue weighted by Crippen LogP contribution is -1.86. The SMILES string of the molecule is c1ccc(CSc2cc3ncccn3n2)cc1. The van der Waals surface area contributed by atoms with Crippen molar-refractivity contribution in [3.05, 3.63) is 60.4 Å². The van der Waals surface area contributed by atoms with Gasteiger partial charge in [0.25, 0.3) is 0 Å². The molecule has 0 amide bonds. The Kier molecular flexibility index (Phi) is 2.80. The second-order valence-corrected chi connectivity index (χ2v) is 4.67. The summed E-state index contributed by atoms with van der Waals surface area (Å²) in [7, 11) is 0. The average molecular weight is 241 g/mol. The lowest BCUT2D eigenvalue weighted by atomic mass is 10.2. The maximum Gasteiger partial charge on any atom is 0.156 e. The van der Waals surface area contributed by atoms with E-state index in [0.717, 1.165) is 16.4 Å². The highest BCUT2D eigenvalue weighted by molar-refractivity contribution is 7.98. The number of benzene rings is 1. The molecule has 3 aromatic rings. The van der Waals surface area contributed by atoms with Gasteiger partial charge in [-0.2, -0.15) is 5.10 Å². The first-order valence-electron chi connectivity index (χ1n) is 5.39. The van der Waals surface area contributed by atoms with Crippen LogP contribution in [0.5, 0.6) is 0 Å². The molecule has 2 aromatic heterocycles. The maximum absolute atomic E-state index is 4.44. The first-order chi connectivity index (χ1) is 8.42. The van der Waals surface area contributed by atoms with Crippen LogP contribution in [0.4, 0.5) is 0 Å². The van der Waals surface area contributed by atoms with Crippen molar-refractivity contribution in [1.82, 2.24) is 14.6 Å². The van der Waals surface area contributed by atoms with Gasteiger partial charge in [0.05, 0.1) is 0 Å². The fraction of sp³-hybridized carbons (Fsp3) is 0.0769. The van der Waals surface area contributed by atoms with Crippen molar-refractivity contribution in [1.29, 1.82) is 0 Å². The summed E-state index contributed by atoms with van der Waals surface area (Å²) in [4.78, 5) is 4.24. The van der Waals surface area contributed by atoms with Gasteiger partial charge in [0, 0.05) is 24.2 Å². The van der Waals surface area contributed by atoms with Gasteiger partial charge in [0.2, 0.25) is 0 Å². The second kappa shape index (κ2) is 4.59. The van der Waals surface area contributed by atoms with Gasteiger partial charge < -0.3 is 0 Å². The van der Waals surface area contributed by atoms with E-state index in [1.54, 1.807) is 22.5 Å². The Morgan fingerprint density at radius 2 is 2.00 bits per heavy atom. The van der Waals surface area contributed by atoms with E-state index < -0.39 is 0 Å². The van der Waals surface area contributed by atoms with Crippen molar-refractivity contribution in [3.8, 4) is 0 Å². The first-order valence-corrected chi connectivity index (χ1v) is 6.37. The molecule has 0 atom stereocenters. The van der Waals surface area contributed by atoms with Crippen LogP contribution in [0.25, 0.3) is 5.65 Å². The zero-order valence-corrected chi connectivity index (χ0v) is 9.97. The highest BCUT2D eigenvalue weighted by Gasteiger charge is 2.02. The van der Waals surface area contributed by atoms with E-state index in [-0.39, 0.29) is 0 Å². The lowest BCUT2D eigenvalue weighted by Gasteiger charge is -1.97. The van der Waals surface area contributed by atoms with E-state index in [4.69, 9.17) is 0 Å². The summed E-state index contributed by atoms with van der Waals surface area (Å²) in [5.41, 5.74) is 2.20. The van der Waals surface area contributed by atoms with Gasteiger partial charge >= 0.3 is 0 Å². The fourth-order valence-electron chi connectivity index (χ4n) is 1.61. The molecule has 0 aliphatic rings. The predicted molar refractivity (Wildman–Crippen MR) is 69.0 cm³/mol. The van der Waals surface area contributed by atoms with Crippen LogP contribution in [0.15, 0.2) is 59.9 Å². The molecule has 3 rings (SSSR count). The van der Waals surface area contributed by atoms with Gasteiger partial charge in [-0.3, -0.25) is 0 Å². The standard InChI is InChI=1S/C13H11N3S/c1-2-5-11(6-3-1)10-17-13-9-12-14-7-4-8-16(12)15-13/h1-9H,10H2. The van der Waals surface area contributed by atoms with E-state index in [1.165, 1.54) is 5.56 Å². The van der Waals surface area contributed by atoms with Crippen molar-refractivity contribution < 1.29 is 0 Å². The third-order valence-electron chi connectivity index (χ3n) is 2.44. The molecule has 0 saturated heterocycles. The molecule has 1 aromatic carbocycles. The second-order valence-electron chi connectivity index (χ2n) is 3.68. The van der Waals surface area contributed by atoms with Gasteiger partial charge in [-0.25, -0.2) is 9.50 Å². The van der Waals surface area contributed by atoms with E-state index >= 15 is 0 Å². The zero-order valence-electron chi connectivity index (χ0n) is 9.15. The van der Waals surface area contributed by atoms with Crippen LogP contribution in [0, 0.1) is 0 Å². The van der Waals surface area contributed by atoms with Gasteiger partial charge in [0.15, 0.2) is 5.65 Å². The lowest BCUT2D eigenvalue weighted by molar-refractivity contribution is 0.887. The van der Waals surface area contributed by atoms with Crippen LogP contribution < -0.4 is 0 Å². The number of hydrogen-bond acceptors (Lipinski definition) is 3. The highest BCUT2D eigenvalue weighted by atomic mass is 32.2. The minimum absolute atomic E-state index is 0.892. The van der Waals surface area contributed by atoms with Crippen molar-refractivity contribution in [2.45, 2.75) is 10.8 Å². The van der Waals surface area contributed by atoms with Crippen molar-refractivity contribution in [2.75, 3.05) is 0 Å². The van der Waals surface area contributed by atoms with E-state index in [0.29, 0.717) is 0 Å². The van der Waals surface area contributed by atoms with E-state index in [9.17, 15) is 0 Å². The van der Waals surface area contributed by atoms with Crippen LogP contribution in [-0.4, -0.2) is 14.6 Å². The van der Waals surface area contributed by atoms with Crippen LogP contribution in [0.3, 0.4) is 0 Å². The molecule has 0 saturated carbocycles. The molecule has 84 valence electrons. The highest BCUT2D eigenvalue weighted by Crippen LogP contribution is 2.21. The molecule has 0 unspecified atom stereocenters. The van der Waals surface area contributed by atoms with Gasteiger partial charge in [-0.05, 0) is 11.6 Å². The third-order valence-corrected chi connectivity index (χ3v) is 3.42. The smallest absolute Gasteiger partial charge is 0.156 e. The molecule has 0 aliphatic heterocycles. The van der Waals surface area contributed by atoms with Crippen LogP contribution in [0.2, 0.25) is 0 Å². The topological polar surface area (TPSA) is 30.2 Å². The summed E-state index contributed by atoms with van der Waals surface area (Å²) in [5, 5.41) is 5.45. The molecule has 0 fully saturated rings. The molecule has 2 heterocycles. The average Bonchev–Trinajstić information content (AvgIpc) is 2.80. The normalized spacial score (nSPS) is 10.8. The Bertz CT molecular complexity index is 586. The van der Waals surface area contributed by atoms with Gasteiger partial charge in [-0.15, -0.1) is 0 Å². The van der Waals surface area contributed by atoms with Crippen molar-refractivity contribution in [2.24, 2.45) is 0 Å². The maximum atomic E-state index is 4.44. The summed E-state index contributed by atoms with van der Waals surface area (Å²) in [6, 6.07) is 14.3. The molecule has 0 N–H and O–H groups in total. The number of hydrogen-bond donors (Lipinski definition) is 0. The molecule has 4 heteroatoms. The monoisotopic (exact) mass is 241 g/mol. The van der Waals surface area contributed by atoms with Crippen LogP contribution in [-0.2, 0) is 5.75 Å². The molecule has 0 radical (unpaired) electrons. The van der Waals surface area contributed by atoms with E-state index in [2.05, 4.69) is 34.3 Å². The molecular weight excluding hydrogens is 230 g/mol. The number of aromatic nitrogens is 3. The largest absolute Gasteiger partial charge is 0.237 e. The summed E-state index contributed by atoms with van der Waals surface area (Å²) in [6.45, 7) is 0. The molecule has 0 spiro atoms. The first kappa shape index (κ1) is 10.4. The predicted octanol–water partition coefficient (Wildman–Crippen LogP) is 3.02. The Morgan fingerprint density at radius 1 is 1.12 bits per heavy atom. The minimum atomic E-state index is 0.892. The van der Waals surface area contributed by atoms with Crippen molar-refractivity contribution >= 4 is 17.4 Å². The van der Waals surface area contributed by atoms with Crippen molar-refractivity contribution in [3.63, 3.8) is 0 Å². The quantitative estimate of drug-likeness (QED) is 0.660. The summed E-state index contributed by atoms with van der Waals surface area (Å²) >= 11 is 1.73. The molecule has 17 heavy (non-hydrogen) atoms. The summed E-state index contributed by atoms with van der Waals surface area (Å²) in [5.74, 6) is 0.935. The Hall–Kier alpha value is -1.81. The minimum Gasteiger partial charge on any atom is -0.237 e. The molecule has 0 aliphatic carbocycles. The fourth-order valence-corrected chi connectivity index (χ4v) is 2.45. The van der Waals surface area contributed by atoms with Gasteiger partial charge in [0.1, 0.15) is 5.03 Å². The Labute approximate surface area is 104 Å². The third kappa shape index (κ3) is 2.31. The Balaban J connectivity index is 1.77. The number of nitrogens with zero attached hydrogens (tertiary/aromatic N) is 3. The molecular formula is C13H11N3S. The van der Waals surface area contributed by atoms with Crippen LogP contribution in [0.1, 0.15) is 5.56 Å². The Morgan fingerprint density at radius 3 is 2.82 bits per heavy atom. The molecule has 0 bridgehead atoms. The number of rotatable bonds is 3. The molecule has 3 nitrogen and oxygen atoms in total. The zero-order chi connectivity index (χ0) is 11.5. The summed E-state index contributed by atoms with van der Waals surface area (Å²) < 4.78 is 1.80. The number of thioether (sulfide) groups is 1. The van der Waals surface area contributed by atoms with Crippen LogP contribution >= 0.6 is 11.8 Å². The van der Waals surface area contributed by atoms with E-state index in [1.807, 2.05) is 24.4 Å².